The van der Waals surface area contributed by atoms with Crippen LogP contribution in [-0.2, 0) is 0 Å². The lowest BCUT2D eigenvalue weighted by atomic mass is 10.1. The Morgan fingerprint density at radius 1 is 1.13 bits per heavy atom. The van der Waals surface area contributed by atoms with Gasteiger partial charge in [-0.15, -0.1) is 0 Å². The van der Waals surface area contributed by atoms with E-state index >= 15 is 0 Å². The number of benzene rings is 2. The maximum absolute atomic E-state index is 12.0. The van der Waals surface area contributed by atoms with E-state index in [1.807, 2.05) is 19.1 Å². The first-order valence-corrected chi connectivity index (χ1v) is 9.06. The molecular formula is C20H25O2P. The average molecular weight is 328 g/mol. The second kappa shape index (κ2) is 7.75. The number of methoxy groups -OCH3 is 1. The average Bonchev–Trinajstić information content (AvgIpc) is 2.53. The molecule has 2 nitrogen and oxygen atoms in total. The number of hydrogen-bond acceptors (Lipinski definition) is 2. The van der Waals surface area contributed by atoms with Gasteiger partial charge in [0.15, 0.2) is 5.78 Å². The van der Waals surface area contributed by atoms with Gasteiger partial charge in [0.1, 0.15) is 5.75 Å². The highest BCUT2D eigenvalue weighted by molar-refractivity contribution is 7.47. The lowest BCUT2D eigenvalue weighted by Gasteiger charge is -2.20. The van der Waals surface area contributed by atoms with E-state index in [2.05, 4.69) is 38.1 Å². The molecule has 2 aromatic carbocycles. The van der Waals surface area contributed by atoms with Gasteiger partial charge >= 0.3 is 0 Å². The third-order valence-corrected chi connectivity index (χ3v) is 5.87. The Morgan fingerprint density at radius 2 is 1.78 bits per heavy atom. The van der Waals surface area contributed by atoms with Gasteiger partial charge in [-0.2, -0.15) is 0 Å². The van der Waals surface area contributed by atoms with Crippen LogP contribution in [0.5, 0.6) is 5.75 Å². The fourth-order valence-corrected chi connectivity index (χ4v) is 4.33. The molecule has 0 aliphatic carbocycles. The molecule has 2 unspecified atom stereocenters. The summed E-state index contributed by atoms with van der Waals surface area (Å²) in [6, 6.07) is 12.5. The van der Waals surface area contributed by atoms with Crippen LogP contribution in [0.4, 0.5) is 0 Å². The molecule has 2 aromatic rings. The molecule has 0 aliphatic heterocycles. The molecule has 0 saturated heterocycles. The Kier molecular flexibility index (Phi) is 5.96. The van der Waals surface area contributed by atoms with E-state index < -0.39 is 0 Å². The quantitative estimate of drug-likeness (QED) is 0.553. The monoisotopic (exact) mass is 328 g/mol. The summed E-state index contributed by atoms with van der Waals surface area (Å²) in [6.07, 6.45) is 1.02. The zero-order chi connectivity index (χ0) is 17.0. The van der Waals surface area contributed by atoms with Crippen molar-refractivity contribution in [2.24, 2.45) is 0 Å². The highest BCUT2D eigenvalue weighted by Gasteiger charge is 2.18. The van der Waals surface area contributed by atoms with Crippen LogP contribution in [0.1, 0.15) is 53.0 Å². The first-order valence-electron chi connectivity index (χ1n) is 7.99. The summed E-state index contributed by atoms with van der Waals surface area (Å²) in [5, 5.41) is 1.15. The highest BCUT2D eigenvalue weighted by atomic mass is 31.1. The Morgan fingerprint density at radius 3 is 2.39 bits per heavy atom. The first kappa shape index (κ1) is 17.7. The van der Waals surface area contributed by atoms with E-state index in [4.69, 9.17) is 4.74 Å². The molecule has 3 heteroatoms. The molecule has 0 spiro atoms. The normalized spacial score (nSPS) is 12.6. The Labute approximate surface area is 141 Å². The largest absolute Gasteiger partial charge is 0.496 e. The summed E-state index contributed by atoms with van der Waals surface area (Å²) < 4.78 is 5.56. The van der Waals surface area contributed by atoms with Gasteiger partial charge in [0.2, 0.25) is 0 Å². The van der Waals surface area contributed by atoms with Gasteiger partial charge in [-0.3, -0.25) is 4.79 Å². The molecule has 0 aromatic heterocycles. The number of rotatable bonds is 6. The molecule has 0 fully saturated rings. The zero-order valence-electron chi connectivity index (χ0n) is 14.6. The van der Waals surface area contributed by atoms with Gasteiger partial charge < -0.3 is 4.74 Å². The highest BCUT2D eigenvalue weighted by Crippen LogP contribution is 2.42. The summed E-state index contributed by atoms with van der Waals surface area (Å²) in [4.78, 5) is 12.0. The number of ether oxygens (including phenoxy) is 1. The molecule has 0 radical (unpaired) electrons. The van der Waals surface area contributed by atoms with Crippen molar-refractivity contribution in [1.29, 1.82) is 0 Å². The lowest BCUT2D eigenvalue weighted by Crippen LogP contribution is -2.11. The second-order valence-corrected chi connectivity index (χ2v) is 7.48. The van der Waals surface area contributed by atoms with Crippen molar-refractivity contribution >= 4 is 19.7 Å². The summed E-state index contributed by atoms with van der Waals surface area (Å²) in [7, 11) is 2.28. The fourth-order valence-electron chi connectivity index (χ4n) is 2.79. The van der Waals surface area contributed by atoms with Crippen LogP contribution in [0.15, 0.2) is 36.4 Å². The number of carbonyl (C=O) groups is 1. The SMILES string of the molecule is CCC(Pc1ccc(C)cc1C(C)=O)c1cc(C)ccc1OC. The minimum atomic E-state index is 0.141. The van der Waals surface area contributed by atoms with E-state index in [9.17, 15) is 4.79 Å². The molecular weight excluding hydrogens is 303 g/mol. The Bertz CT molecular complexity index is 707. The molecule has 0 saturated carbocycles. The third-order valence-electron chi connectivity index (χ3n) is 4.05. The summed E-state index contributed by atoms with van der Waals surface area (Å²) in [5.74, 6) is 1.08. The van der Waals surface area contributed by atoms with Gasteiger partial charge in [0.05, 0.1) is 7.11 Å². The van der Waals surface area contributed by atoms with E-state index in [-0.39, 0.29) is 5.78 Å². The van der Waals surface area contributed by atoms with E-state index in [1.54, 1.807) is 14.0 Å². The molecule has 23 heavy (non-hydrogen) atoms. The zero-order valence-corrected chi connectivity index (χ0v) is 15.6. The number of hydrogen-bond donors (Lipinski definition) is 0. The minimum absolute atomic E-state index is 0.141. The predicted molar refractivity (Wildman–Crippen MR) is 99.9 cm³/mol. The van der Waals surface area contributed by atoms with Crippen LogP contribution in [0.2, 0.25) is 0 Å². The van der Waals surface area contributed by atoms with Gasteiger partial charge in [-0.05, 0) is 44.6 Å². The minimum Gasteiger partial charge on any atom is -0.496 e. The van der Waals surface area contributed by atoms with E-state index in [1.165, 1.54) is 11.1 Å². The topological polar surface area (TPSA) is 26.3 Å². The smallest absolute Gasteiger partial charge is 0.160 e. The van der Waals surface area contributed by atoms with Crippen LogP contribution in [0.25, 0.3) is 0 Å². The molecule has 0 heterocycles. The van der Waals surface area contributed by atoms with E-state index in [0.717, 1.165) is 28.6 Å². The molecule has 122 valence electrons. The van der Waals surface area contributed by atoms with Crippen molar-refractivity contribution in [1.82, 2.24) is 0 Å². The van der Waals surface area contributed by atoms with Crippen LogP contribution < -0.4 is 10.0 Å². The van der Waals surface area contributed by atoms with Crippen molar-refractivity contribution in [3.05, 3.63) is 58.7 Å². The van der Waals surface area contributed by atoms with Gasteiger partial charge in [-0.25, -0.2) is 0 Å². The van der Waals surface area contributed by atoms with Gasteiger partial charge in [-0.1, -0.05) is 50.9 Å². The number of Topliss-reactive ketones (excluding diaryl/α,β-unsaturated/α-hetero) is 1. The van der Waals surface area contributed by atoms with E-state index in [0.29, 0.717) is 14.2 Å². The van der Waals surface area contributed by atoms with Crippen molar-refractivity contribution in [3.8, 4) is 5.75 Å². The van der Waals surface area contributed by atoms with Crippen molar-refractivity contribution in [2.75, 3.05) is 7.11 Å². The molecule has 0 N–H and O–H groups in total. The van der Waals surface area contributed by atoms with Gasteiger partial charge in [0, 0.05) is 16.8 Å². The van der Waals surface area contributed by atoms with Crippen LogP contribution in [0.3, 0.4) is 0 Å². The van der Waals surface area contributed by atoms with Gasteiger partial charge in [0.25, 0.3) is 0 Å². The maximum Gasteiger partial charge on any atom is 0.160 e. The third kappa shape index (κ3) is 4.20. The number of aryl methyl sites for hydroxylation is 2. The first-order chi connectivity index (χ1) is 11.0. The van der Waals surface area contributed by atoms with Crippen molar-refractivity contribution in [3.63, 3.8) is 0 Å². The number of ketones is 1. The second-order valence-electron chi connectivity index (χ2n) is 5.96. The lowest BCUT2D eigenvalue weighted by molar-refractivity contribution is 0.101. The van der Waals surface area contributed by atoms with Crippen LogP contribution in [-0.4, -0.2) is 12.9 Å². The molecule has 2 atom stereocenters. The predicted octanol–water partition coefficient (Wildman–Crippen LogP) is 4.97. The van der Waals surface area contributed by atoms with Crippen molar-refractivity contribution < 1.29 is 9.53 Å². The fraction of sp³-hybridized carbons (Fsp3) is 0.350. The van der Waals surface area contributed by atoms with Crippen LogP contribution in [0, 0.1) is 13.8 Å². The molecule has 0 bridgehead atoms. The maximum atomic E-state index is 12.0. The molecule has 0 aliphatic rings. The van der Waals surface area contributed by atoms with Crippen LogP contribution >= 0.6 is 8.58 Å². The molecule has 2 rings (SSSR count). The number of carbonyl (C=O) groups excluding carboxylic acids is 1. The van der Waals surface area contributed by atoms with Crippen molar-refractivity contribution in [2.45, 2.75) is 39.8 Å². The standard InChI is InChI=1S/C20H25O2P/c1-6-19(17-12-13(2)7-9-18(17)22-5)23-20-10-8-14(3)11-16(20)15(4)21/h7-12,19,23H,6H2,1-5H3. The molecule has 0 amide bonds. The Balaban J connectivity index is 2.41. The summed E-state index contributed by atoms with van der Waals surface area (Å²) >= 11 is 0. The summed E-state index contributed by atoms with van der Waals surface area (Å²) in [6.45, 7) is 7.98. The Hall–Kier alpha value is -1.66. The summed E-state index contributed by atoms with van der Waals surface area (Å²) in [5.41, 5.74) is 4.83.